The Balaban J connectivity index is -0.0000000300. The van der Waals surface area contributed by atoms with E-state index in [0.717, 1.165) is 0 Å². The summed E-state index contributed by atoms with van der Waals surface area (Å²) < 4.78 is 17.2. The van der Waals surface area contributed by atoms with Gasteiger partial charge in [0.1, 0.15) is 0 Å². The molecule has 0 fully saturated rings. The van der Waals surface area contributed by atoms with Crippen molar-refractivity contribution in [1.82, 2.24) is 0 Å². The third-order valence-corrected chi connectivity index (χ3v) is 0. The largest absolute Gasteiger partial charge is 1.00 e. The van der Waals surface area contributed by atoms with Gasteiger partial charge >= 0.3 is 119 Å². The van der Waals surface area contributed by atoms with E-state index in [-0.39, 0.29) is 103 Å². The molecule has 0 aromatic carbocycles. The van der Waals surface area contributed by atoms with Crippen molar-refractivity contribution >= 4 is 16.5 Å². The average molecular weight is 238 g/mol. The molecule has 0 amide bonds. The molecule has 0 saturated heterocycles. The molecule has 0 saturated carbocycles. The van der Waals surface area contributed by atoms with Crippen LogP contribution in [-0.2, 0) is 9.13 Å². The van der Waals surface area contributed by atoms with Gasteiger partial charge in [-0.15, -0.1) is 0 Å². The minimum Gasteiger partial charge on any atom is -0.567 e. The van der Waals surface area contributed by atoms with Crippen LogP contribution in [0.4, 0.5) is 0 Å². The average Bonchev–Trinajstić information content (AvgIpc) is 1.25. The Hall–Kier alpha value is 3.31. The van der Waals surface area contributed by atoms with Crippen molar-refractivity contribution in [2.75, 3.05) is 0 Å². The minimum absolute atomic E-state index is 0. The molecule has 0 bridgehead atoms. The molecule has 48 valence electrons. The van der Waals surface area contributed by atoms with E-state index in [1.807, 2.05) is 0 Å². The second-order valence-electron chi connectivity index (χ2n) is 0.476. The fraction of sp³-hybridized carbons (Fsp3) is 0. The summed E-state index contributed by atoms with van der Waals surface area (Å²) in [7, 11) is -6.24. The molecular formula is H2K2O6P2+2. The molecule has 0 aliphatic heterocycles. The van der Waals surface area contributed by atoms with Gasteiger partial charge in [-0.25, -0.2) is 0 Å². The minimum atomic E-state index is -3.12. The Kier molecular flexibility index (Phi) is 42.3. The van der Waals surface area contributed by atoms with Gasteiger partial charge < -0.3 is 9.79 Å². The Morgan fingerprint density at radius 3 is 0.900 bits per heavy atom. The zero-order valence-corrected chi connectivity index (χ0v) is 13.5. The van der Waals surface area contributed by atoms with Crippen LogP contribution in [0.2, 0.25) is 0 Å². The van der Waals surface area contributed by atoms with E-state index in [1.165, 1.54) is 0 Å². The fourth-order valence-corrected chi connectivity index (χ4v) is 0. The summed E-state index contributed by atoms with van der Waals surface area (Å²) in [5.74, 6) is 0. The molecule has 0 aromatic rings. The van der Waals surface area contributed by atoms with E-state index < -0.39 is 16.5 Å². The van der Waals surface area contributed by atoms with Crippen LogP contribution in [0.15, 0.2) is 0 Å². The summed E-state index contributed by atoms with van der Waals surface area (Å²) in [6, 6.07) is 0. The fourth-order valence-electron chi connectivity index (χ4n) is 0. The molecule has 6 nitrogen and oxygen atoms in total. The van der Waals surface area contributed by atoms with Crippen LogP contribution in [-0.4, -0.2) is 9.79 Å². The van der Waals surface area contributed by atoms with Crippen molar-refractivity contribution in [3.05, 3.63) is 0 Å². The molecule has 0 aliphatic rings. The molecule has 10 heavy (non-hydrogen) atoms. The van der Waals surface area contributed by atoms with Crippen molar-refractivity contribution in [3.63, 3.8) is 0 Å². The maximum absolute atomic E-state index is 8.59. The van der Waals surface area contributed by atoms with Gasteiger partial charge in [-0.1, -0.05) is 0 Å². The van der Waals surface area contributed by atoms with Crippen molar-refractivity contribution in [2.45, 2.75) is 0 Å². The Morgan fingerprint density at radius 2 is 0.900 bits per heavy atom. The molecule has 0 aliphatic carbocycles. The van der Waals surface area contributed by atoms with Gasteiger partial charge in [-0.2, -0.15) is 9.79 Å². The van der Waals surface area contributed by atoms with E-state index in [0.29, 0.717) is 0 Å². The first-order valence-corrected chi connectivity index (χ1v) is 3.39. The standard InChI is InChI=1S/2K.2HO3P/c;;2*1-4(2)3/h;;2*(H,1,2,3)/q2*+1;;. The summed E-state index contributed by atoms with van der Waals surface area (Å²) in [5, 5.41) is 0. The first-order valence-electron chi connectivity index (χ1n) is 1.13. The SMILES string of the molecule is O=[P+]([O-])O.O=[P+]([O-])O.[K+].[K+]. The van der Waals surface area contributed by atoms with Gasteiger partial charge in [0.15, 0.2) is 0 Å². The van der Waals surface area contributed by atoms with Crippen LogP contribution < -0.4 is 113 Å². The molecule has 2 N–H and O–H groups in total. The van der Waals surface area contributed by atoms with Gasteiger partial charge in [0.05, 0.1) is 0 Å². The van der Waals surface area contributed by atoms with Gasteiger partial charge in [0.25, 0.3) is 0 Å². The van der Waals surface area contributed by atoms with Crippen molar-refractivity contribution in [2.24, 2.45) is 0 Å². The van der Waals surface area contributed by atoms with Crippen LogP contribution >= 0.6 is 16.5 Å². The normalized spacial score (nSPS) is 8.80. The van der Waals surface area contributed by atoms with Crippen LogP contribution in [0.1, 0.15) is 0 Å². The molecule has 2 atom stereocenters. The predicted octanol–water partition coefficient (Wildman–Crippen LogP) is -8.00. The quantitative estimate of drug-likeness (QED) is 0.319. The van der Waals surface area contributed by atoms with Crippen LogP contribution in [0.25, 0.3) is 0 Å². The third kappa shape index (κ3) is 110. The van der Waals surface area contributed by atoms with E-state index in [9.17, 15) is 0 Å². The monoisotopic (exact) mass is 238 g/mol. The number of rotatable bonds is 0. The maximum atomic E-state index is 8.59. The second-order valence-corrected chi connectivity index (χ2v) is 1.43. The van der Waals surface area contributed by atoms with E-state index >= 15 is 0 Å². The summed E-state index contributed by atoms with van der Waals surface area (Å²) in [6.07, 6.45) is 0. The molecule has 0 aromatic heterocycles. The summed E-state index contributed by atoms with van der Waals surface area (Å²) in [6.45, 7) is 0. The Morgan fingerprint density at radius 1 is 0.900 bits per heavy atom. The van der Waals surface area contributed by atoms with Crippen LogP contribution in [0, 0.1) is 0 Å². The molecule has 0 heterocycles. The zero-order valence-electron chi connectivity index (χ0n) is 5.42. The first kappa shape index (κ1) is 23.3. The van der Waals surface area contributed by atoms with Crippen molar-refractivity contribution in [3.8, 4) is 0 Å². The van der Waals surface area contributed by atoms with E-state index in [2.05, 4.69) is 0 Å². The summed E-state index contributed by atoms with van der Waals surface area (Å²) >= 11 is 0. The zero-order chi connectivity index (χ0) is 7.15. The van der Waals surface area contributed by atoms with E-state index in [1.54, 1.807) is 0 Å². The first-order chi connectivity index (χ1) is 3.46. The number of hydrogen-bond acceptors (Lipinski definition) is 4. The van der Waals surface area contributed by atoms with Crippen molar-refractivity contribution in [1.29, 1.82) is 0 Å². The third-order valence-electron chi connectivity index (χ3n) is 0. The summed E-state index contributed by atoms with van der Waals surface area (Å²) in [5.41, 5.74) is 0. The number of hydrogen-bond donors (Lipinski definition) is 2. The van der Waals surface area contributed by atoms with Crippen molar-refractivity contribution < 1.29 is 131 Å². The van der Waals surface area contributed by atoms with E-state index in [4.69, 9.17) is 28.7 Å². The molecule has 0 radical (unpaired) electrons. The summed E-state index contributed by atoms with van der Waals surface area (Å²) in [4.78, 5) is 31.2. The molecule has 2 unspecified atom stereocenters. The molecule has 0 rings (SSSR count). The predicted molar refractivity (Wildman–Crippen MR) is 19.7 cm³/mol. The van der Waals surface area contributed by atoms with Gasteiger partial charge in [0, 0.05) is 0 Å². The Bertz CT molecular complexity index is 71.7. The van der Waals surface area contributed by atoms with Crippen LogP contribution in [0.3, 0.4) is 0 Å². The molecular weight excluding hydrogens is 236 g/mol. The Labute approximate surface area is 144 Å². The topological polar surface area (TPSA) is 121 Å². The second kappa shape index (κ2) is 18.2. The van der Waals surface area contributed by atoms with Gasteiger partial charge in [-0.05, 0) is 9.13 Å². The molecule has 10 heteroatoms. The molecule has 0 spiro atoms. The van der Waals surface area contributed by atoms with Gasteiger partial charge in [-0.3, -0.25) is 0 Å². The van der Waals surface area contributed by atoms with Crippen LogP contribution in [0.5, 0.6) is 0 Å². The smallest absolute Gasteiger partial charge is 0.567 e. The van der Waals surface area contributed by atoms with Gasteiger partial charge in [0.2, 0.25) is 0 Å². The maximum Gasteiger partial charge on any atom is 1.00 e.